The lowest BCUT2D eigenvalue weighted by Crippen LogP contribution is -3.12. The molecule has 1 aliphatic rings. The number of para-hydroxylation sites is 1. The highest BCUT2D eigenvalue weighted by Gasteiger charge is 2.21. The standard InChI is InChI=1S/C22H28N4OS/c1-17-9-10-20(15-18(17)2)23-21(27)16-28-22(24-19-7-5-4-6-8-19)26-13-11-25(3)12-14-26/h4-10,15H,11-14,16H2,1-3H3,(H,23,27)/p+1. The van der Waals surface area contributed by atoms with Gasteiger partial charge in [-0.25, -0.2) is 4.99 Å². The van der Waals surface area contributed by atoms with Gasteiger partial charge in [0.2, 0.25) is 5.91 Å². The number of anilines is 1. The second-order valence-electron chi connectivity index (χ2n) is 7.31. The fourth-order valence-electron chi connectivity index (χ4n) is 3.03. The molecule has 1 aliphatic heterocycles. The average Bonchev–Trinajstić information content (AvgIpc) is 2.69. The predicted octanol–water partition coefficient (Wildman–Crippen LogP) is 2.49. The predicted molar refractivity (Wildman–Crippen MR) is 119 cm³/mol. The maximum absolute atomic E-state index is 12.5. The van der Waals surface area contributed by atoms with Gasteiger partial charge in [-0.3, -0.25) is 4.79 Å². The molecule has 0 radical (unpaired) electrons. The molecule has 0 spiro atoms. The Bertz CT molecular complexity index is 830. The zero-order valence-electron chi connectivity index (χ0n) is 16.9. The van der Waals surface area contributed by atoms with Crippen LogP contribution in [0.5, 0.6) is 0 Å². The number of benzene rings is 2. The number of nitrogens with zero attached hydrogens (tertiary/aromatic N) is 2. The molecular formula is C22H29N4OS+. The zero-order valence-corrected chi connectivity index (χ0v) is 17.7. The van der Waals surface area contributed by atoms with E-state index < -0.39 is 0 Å². The number of aliphatic imine (C=N–C) groups is 1. The van der Waals surface area contributed by atoms with Gasteiger partial charge in [-0.05, 0) is 49.2 Å². The molecule has 1 heterocycles. The van der Waals surface area contributed by atoms with Gasteiger partial charge >= 0.3 is 0 Å². The number of carbonyl (C=O) groups is 1. The van der Waals surface area contributed by atoms with E-state index in [1.165, 1.54) is 27.8 Å². The van der Waals surface area contributed by atoms with Gasteiger partial charge in [-0.15, -0.1) is 0 Å². The Morgan fingerprint density at radius 2 is 1.82 bits per heavy atom. The van der Waals surface area contributed by atoms with Crippen molar-refractivity contribution in [3.8, 4) is 0 Å². The van der Waals surface area contributed by atoms with Crippen molar-refractivity contribution in [2.24, 2.45) is 4.99 Å². The SMILES string of the molecule is Cc1ccc(NC(=O)CSC(=Nc2ccccc2)N2CC[NH+](C)CC2)cc1C. The number of amides is 1. The second-order valence-corrected chi connectivity index (χ2v) is 8.25. The third kappa shape index (κ3) is 5.84. The molecular weight excluding hydrogens is 368 g/mol. The number of hydrogen-bond donors (Lipinski definition) is 2. The molecule has 3 rings (SSSR count). The van der Waals surface area contributed by atoms with Crippen molar-refractivity contribution >= 4 is 34.2 Å². The summed E-state index contributed by atoms with van der Waals surface area (Å²) < 4.78 is 0. The molecule has 0 bridgehead atoms. The molecule has 0 saturated carbocycles. The Hall–Kier alpha value is -2.31. The average molecular weight is 398 g/mol. The fourth-order valence-corrected chi connectivity index (χ4v) is 3.90. The molecule has 2 N–H and O–H groups in total. The summed E-state index contributed by atoms with van der Waals surface area (Å²) in [6, 6.07) is 16.0. The number of aryl methyl sites for hydroxylation is 2. The van der Waals surface area contributed by atoms with Crippen LogP contribution < -0.4 is 10.2 Å². The summed E-state index contributed by atoms with van der Waals surface area (Å²) >= 11 is 1.51. The molecule has 0 aromatic heterocycles. The summed E-state index contributed by atoms with van der Waals surface area (Å²) in [4.78, 5) is 21.2. The van der Waals surface area contributed by atoms with Gasteiger partial charge in [0.1, 0.15) is 0 Å². The lowest BCUT2D eigenvalue weighted by atomic mass is 10.1. The Labute approximate surface area is 171 Å². The minimum atomic E-state index is -0.00577. The normalized spacial score (nSPS) is 15.5. The lowest BCUT2D eigenvalue weighted by molar-refractivity contribution is -0.883. The first-order chi connectivity index (χ1) is 13.5. The summed E-state index contributed by atoms with van der Waals surface area (Å²) in [5.41, 5.74) is 4.17. The van der Waals surface area contributed by atoms with Crippen LogP contribution in [0.25, 0.3) is 0 Å². The molecule has 1 amide bonds. The van der Waals surface area contributed by atoms with E-state index in [0.717, 1.165) is 42.7 Å². The topological polar surface area (TPSA) is 49.1 Å². The molecule has 2 aromatic rings. The Morgan fingerprint density at radius 3 is 2.50 bits per heavy atom. The van der Waals surface area contributed by atoms with Gasteiger partial charge < -0.3 is 15.1 Å². The number of nitrogens with one attached hydrogen (secondary N) is 2. The maximum Gasteiger partial charge on any atom is 0.234 e. The van der Waals surface area contributed by atoms with Crippen LogP contribution in [0.4, 0.5) is 11.4 Å². The van der Waals surface area contributed by atoms with Gasteiger partial charge in [0, 0.05) is 5.69 Å². The number of quaternary nitrogens is 1. The summed E-state index contributed by atoms with van der Waals surface area (Å²) in [6.45, 7) is 8.22. The van der Waals surface area contributed by atoms with Gasteiger partial charge in [-0.2, -0.15) is 0 Å². The number of rotatable bonds is 4. The van der Waals surface area contributed by atoms with Crippen molar-refractivity contribution in [2.75, 3.05) is 44.3 Å². The Balaban J connectivity index is 1.66. The molecule has 1 fully saturated rings. The highest BCUT2D eigenvalue weighted by atomic mass is 32.2. The van der Waals surface area contributed by atoms with Crippen molar-refractivity contribution in [3.05, 3.63) is 59.7 Å². The summed E-state index contributed by atoms with van der Waals surface area (Å²) in [7, 11) is 2.22. The minimum absolute atomic E-state index is 0.00577. The van der Waals surface area contributed by atoms with E-state index in [1.54, 1.807) is 0 Å². The van der Waals surface area contributed by atoms with Crippen LogP contribution in [0, 0.1) is 13.8 Å². The summed E-state index contributed by atoms with van der Waals surface area (Å²) in [6.07, 6.45) is 0. The summed E-state index contributed by atoms with van der Waals surface area (Å²) in [5, 5.41) is 3.93. The van der Waals surface area contributed by atoms with Gasteiger partial charge in [-0.1, -0.05) is 36.0 Å². The fraction of sp³-hybridized carbons (Fsp3) is 0.364. The Kier molecular flexibility index (Phi) is 7.12. The number of hydrogen-bond acceptors (Lipinski definition) is 3. The molecule has 0 aliphatic carbocycles. The lowest BCUT2D eigenvalue weighted by Gasteiger charge is -2.32. The van der Waals surface area contributed by atoms with Gasteiger partial charge in [0.25, 0.3) is 0 Å². The number of piperazine rings is 1. The van der Waals surface area contributed by atoms with Crippen LogP contribution in [0.3, 0.4) is 0 Å². The van der Waals surface area contributed by atoms with E-state index in [4.69, 9.17) is 4.99 Å². The van der Waals surface area contributed by atoms with Crippen LogP contribution in [0.2, 0.25) is 0 Å². The first-order valence-electron chi connectivity index (χ1n) is 9.71. The first kappa shape index (κ1) is 20.4. The van der Waals surface area contributed by atoms with Crippen molar-refractivity contribution in [1.82, 2.24) is 4.90 Å². The zero-order chi connectivity index (χ0) is 19.9. The van der Waals surface area contributed by atoms with E-state index in [-0.39, 0.29) is 5.91 Å². The van der Waals surface area contributed by atoms with Crippen molar-refractivity contribution in [2.45, 2.75) is 13.8 Å². The van der Waals surface area contributed by atoms with Crippen LogP contribution in [0.1, 0.15) is 11.1 Å². The van der Waals surface area contributed by atoms with Crippen molar-refractivity contribution < 1.29 is 9.69 Å². The molecule has 0 unspecified atom stereocenters. The third-order valence-electron chi connectivity index (χ3n) is 4.99. The molecule has 2 aromatic carbocycles. The van der Waals surface area contributed by atoms with Crippen LogP contribution in [-0.2, 0) is 4.79 Å². The minimum Gasteiger partial charge on any atom is -0.340 e. The van der Waals surface area contributed by atoms with Crippen molar-refractivity contribution in [1.29, 1.82) is 0 Å². The van der Waals surface area contributed by atoms with E-state index in [9.17, 15) is 4.79 Å². The van der Waals surface area contributed by atoms with E-state index >= 15 is 0 Å². The van der Waals surface area contributed by atoms with Gasteiger partial charge in [0.05, 0.1) is 44.7 Å². The van der Waals surface area contributed by atoms with Crippen LogP contribution in [0.15, 0.2) is 53.5 Å². The second kappa shape index (κ2) is 9.75. The number of amidine groups is 1. The number of thioether (sulfide) groups is 1. The van der Waals surface area contributed by atoms with E-state index in [2.05, 4.69) is 31.1 Å². The molecule has 148 valence electrons. The summed E-state index contributed by atoms with van der Waals surface area (Å²) in [5.74, 6) is 0.339. The molecule has 28 heavy (non-hydrogen) atoms. The van der Waals surface area contributed by atoms with E-state index in [1.807, 2.05) is 48.5 Å². The Morgan fingerprint density at radius 1 is 1.11 bits per heavy atom. The van der Waals surface area contributed by atoms with E-state index in [0.29, 0.717) is 5.75 Å². The number of carbonyl (C=O) groups excluding carboxylic acids is 1. The number of likely N-dealkylation sites (N-methyl/N-ethyl adjacent to an activating group) is 1. The van der Waals surface area contributed by atoms with Gasteiger partial charge in [0.15, 0.2) is 5.17 Å². The highest BCUT2D eigenvalue weighted by molar-refractivity contribution is 8.14. The third-order valence-corrected chi connectivity index (χ3v) is 6.01. The first-order valence-corrected chi connectivity index (χ1v) is 10.7. The smallest absolute Gasteiger partial charge is 0.234 e. The van der Waals surface area contributed by atoms with Crippen molar-refractivity contribution in [3.63, 3.8) is 0 Å². The van der Waals surface area contributed by atoms with Crippen LogP contribution >= 0.6 is 11.8 Å². The highest BCUT2D eigenvalue weighted by Crippen LogP contribution is 2.19. The molecule has 1 saturated heterocycles. The maximum atomic E-state index is 12.5. The molecule has 0 atom stereocenters. The van der Waals surface area contributed by atoms with Crippen LogP contribution in [-0.4, -0.2) is 55.0 Å². The quantitative estimate of drug-likeness (QED) is 0.616. The largest absolute Gasteiger partial charge is 0.340 e. The monoisotopic (exact) mass is 397 g/mol. The molecule has 6 heteroatoms. The molecule has 5 nitrogen and oxygen atoms in total.